The number of para-hydroxylation sites is 1. The molecule has 5 heteroatoms. The summed E-state index contributed by atoms with van der Waals surface area (Å²) in [5.74, 6) is 1.29. The molecule has 3 rings (SSSR count). The van der Waals surface area contributed by atoms with Gasteiger partial charge in [-0.25, -0.2) is 0 Å². The number of carbonyl (C=O) groups excluding carboxylic acids is 1. The van der Waals surface area contributed by atoms with Crippen LogP contribution in [0.4, 0.5) is 0 Å². The van der Waals surface area contributed by atoms with Crippen molar-refractivity contribution in [2.24, 2.45) is 5.92 Å². The van der Waals surface area contributed by atoms with Crippen LogP contribution in [-0.4, -0.2) is 40.8 Å². The van der Waals surface area contributed by atoms with E-state index in [1.54, 1.807) is 7.11 Å². The summed E-state index contributed by atoms with van der Waals surface area (Å²) in [5, 5.41) is 4.55. The van der Waals surface area contributed by atoms with Crippen LogP contribution in [-0.2, 0) is 6.54 Å². The molecule has 1 aliphatic rings. The number of nitrogens with zero attached hydrogens (tertiary/aromatic N) is 3. The van der Waals surface area contributed by atoms with Crippen LogP contribution >= 0.6 is 0 Å². The van der Waals surface area contributed by atoms with Crippen molar-refractivity contribution in [3.8, 4) is 5.75 Å². The molecule has 0 radical (unpaired) electrons. The Balaban J connectivity index is 1.60. The van der Waals surface area contributed by atoms with Crippen LogP contribution in [0.15, 0.2) is 30.3 Å². The number of methoxy groups -OCH3 is 1. The first-order valence-electron chi connectivity index (χ1n) is 8.52. The molecule has 0 atom stereocenters. The van der Waals surface area contributed by atoms with E-state index < -0.39 is 0 Å². The van der Waals surface area contributed by atoms with Crippen molar-refractivity contribution in [3.05, 3.63) is 47.3 Å². The van der Waals surface area contributed by atoms with Crippen molar-refractivity contribution < 1.29 is 9.53 Å². The van der Waals surface area contributed by atoms with Crippen molar-refractivity contribution >= 4 is 5.91 Å². The molecular formula is C19H25N3O2. The van der Waals surface area contributed by atoms with Gasteiger partial charge in [0.1, 0.15) is 5.75 Å². The third-order valence-corrected chi connectivity index (χ3v) is 4.77. The first kappa shape index (κ1) is 16.6. The maximum Gasteiger partial charge on any atom is 0.257 e. The lowest BCUT2D eigenvalue weighted by Crippen LogP contribution is -2.39. The van der Waals surface area contributed by atoms with Crippen LogP contribution < -0.4 is 4.74 Å². The van der Waals surface area contributed by atoms with Crippen molar-refractivity contribution in [2.45, 2.75) is 33.2 Å². The predicted molar refractivity (Wildman–Crippen MR) is 93.3 cm³/mol. The minimum atomic E-state index is 0.0667. The molecule has 5 nitrogen and oxygen atoms in total. The molecule has 1 fully saturated rings. The molecule has 2 aromatic rings. The number of ether oxygens (including phenoxy) is 1. The number of rotatable bonds is 4. The van der Waals surface area contributed by atoms with Crippen LogP contribution in [0, 0.1) is 19.8 Å². The van der Waals surface area contributed by atoms with Gasteiger partial charge in [0, 0.05) is 25.3 Å². The normalized spacial score (nSPS) is 15.5. The second-order valence-electron chi connectivity index (χ2n) is 6.55. The highest BCUT2D eigenvalue weighted by Crippen LogP contribution is 2.24. The van der Waals surface area contributed by atoms with Gasteiger partial charge in [0.2, 0.25) is 0 Å². The maximum atomic E-state index is 12.7. The number of aryl methyl sites for hydroxylation is 2. The Morgan fingerprint density at radius 1 is 1.25 bits per heavy atom. The van der Waals surface area contributed by atoms with Crippen molar-refractivity contribution in [3.63, 3.8) is 0 Å². The summed E-state index contributed by atoms with van der Waals surface area (Å²) in [6.07, 6.45) is 2.03. The molecule has 0 saturated carbocycles. The van der Waals surface area contributed by atoms with Crippen LogP contribution in [0.3, 0.4) is 0 Å². The van der Waals surface area contributed by atoms with Gasteiger partial charge in [-0.2, -0.15) is 5.10 Å². The average molecular weight is 327 g/mol. The van der Waals surface area contributed by atoms with E-state index in [0.29, 0.717) is 17.2 Å². The molecule has 0 bridgehead atoms. The van der Waals surface area contributed by atoms with Crippen molar-refractivity contribution in [1.82, 2.24) is 14.7 Å². The van der Waals surface area contributed by atoms with Gasteiger partial charge >= 0.3 is 0 Å². The molecule has 24 heavy (non-hydrogen) atoms. The molecule has 1 saturated heterocycles. The highest BCUT2D eigenvalue weighted by atomic mass is 16.5. The summed E-state index contributed by atoms with van der Waals surface area (Å²) in [4.78, 5) is 14.7. The molecule has 0 N–H and O–H groups in total. The lowest BCUT2D eigenvalue weighted by Gasteiger charge is -2.32. The minimum Gasteiger partial charge on any atom is -0.496 e. The minimum absolute atomic E-state index is 0.0667. The Kier molecular flexibility index (Phi) is 4.88. The van der Waals surface area contributed by atoms with E-state index in [9.17, 15) is 4.79 Å². The Bertz CT molecular complexity index is 715. The van der Waals surface area contributed by atoms with E-state index in [2.05, 4.69) is 22.8 Å². The number of hydrogen-bond donors (Lipinski definition) is 0. The molecule has 1 aromatic heterocycles. The van der Waals surface area contributed by atoms with Gasteiger partial charge in [0.15, 0.2) is 0 Å². The Morgan fingerprint density at radius 2 is 1.96 bits per heavy atom. The van der Waals surface area contributed by atoms with E-state index in [1.807, 2.05) is 36.1 Å². The van der Waals surface area contributed by atoms with E-state index >= 15 is 0 Å². The van der Waals surface area contributed by atoms with E-state index in [1.165, 1.54) is 5.69 Å². The molecule has 128 valence electrons. The number of carbonyl (C=O) groups is 1. The third-order valence-electron chi connectivity index (χ3n) is 4.77. The van der Waals surface area contributed by atoms with Crippen LogP contribution in [0.5, 0.6) is 5.75 Å². The summed E-state index contributed by atoms with van der Waals surface area (Å²) in [6.45, 7) is 6.65. The molecule has 0 unspecified atom stereocenters. The standard InChI is InChI=1S/C19H25N3O2/c1-14-12-15(2)22(20-14)13-16-8-10-21(11-9-16)19(23)17-6-4-5-7-18(17)24-3/h4-7,12,16H,8-11,13H2,1-3H3. The summed E-state index contributed by atoms with van der Waals surface area (Å²) in [6, 6.07) is 9.55. The van der Waals surface area contributed by atoms with Crippen molar-refractivity contribution in [2.75, 3.05) is 20.2 Å². The Hall–Kier alpha value is -2.30. The van der Waals surface area contributed by atoms with Crippen LogP contribution in [0.1, 0.15) is 34.6 Å². The SMILES string of the molecule is COc1ccccc1C(=O)N1CCC(Cn2nc(C)cc2C)CC1. The first-order valence-corrected chi connectivity index (χ1v) is 8.52. The van der Waals surface area contributed by atoms with E-state index in [-0.39, 0.29) is 5.91 Å². The number of likely N-dealkylation sites (tertiary alicyclic amines) is 1. The van der Waals surface area contributed by atoms with E-state index in [4.69, 9.17) is 4.74 Å². The highest BCUT2D eigenvalue weighted by Gasteiger charge is 2.25. The topological polar surface area (TPSA) is 47.4 Å². The fourth-order valence-electron chi connectivity index (χ4n) is 3.41. The van der Waals surface area contributed by atoms with Gasteiger partial charge in [-0.3, -0.25) is 9.48 Å². The van der Waals surface area contributed by atoms with Gasteiger partial charge in [0.05, 0.1) is 18.4 Å². The molecule has 0 aliphatic carbocycles. The summed E-state index contributed by atoms with van der Waals surface area (Å²) in [5.41, 5.74) is 2.92. The van der Waals surface area contributed by atoms with Gasteiger partial charge in [0.25, 0.3) is 5.91 Å². The lowest BCUT2D eigenvalue weighted by atomic mass is 9.96. The maximum absolute atomic E-state index is 12.7. The number of piperidine rings is 1. The molecule has 1 aromatic carbocycles. The van der Waals surface area contributed by atoms with Gasteiger partial charge < -0.3 is 9.64 Å². The zero-order valence-electron chi connectivity index (χ0n) is 14.7. The summed E-state index contributed by atoms with van der Waals surface area (Å²) >= 11 is 0. The molecule has 0 spiro atoms. The zero-order chi connectivity index (χ0) is 17.1. The summed E-state index contributed by atoms with van der Waals surface area (Å²) in [7, 11) is 1.60. The van der Waals surface area contributed by atoms with Gasteiger partial charge in [-0.15, -0.1) is 0 Å². The molecule has 2 heterocycles. The zero-order valence-corrected chi connectivity index (χ0v) is 14.7. The average Bonchev–Trinajstić information content (AvgIpc) is 2.92. The lowest BCUT2D eigenvalue weighted by molar-refractivity contribution is 0.0677. The quantitative estimate of drug-likeness (QED) is 0.867. The first-order chi connectivity index (χ1) is 11.6. The molecule has 1 aliphatic heterocycles. The smallest absolute Gasteiger partial charge is 0.257 e. The van der Waals surface area contributed by atoms with Crippen molar-refractivity contribution in [1.29, 1.82) is 0 Å². The van der Waals surface area contributed by atoms with Crippen LogP contribution in [0.25, 0.3) is 0 Å². The molecule has 1 amide bonds. The third kappa shape index (κ3) is 3.45. The van der Waals surface area contributed by atoms with Gasteiger partial charge in [-0.1, -0.05) is 12.1 Å². The second-order valence-corrected chi connectivity index (χ2v) is 6.55. The Morgan fingerprint density at radius 3 is 2.58 bits per heavy atom. The Labute approximate surface area is 143 Å². The largest absolute Gasteiger partial charge is 0.496 e. The second kappa shape index (κ2) is 7.07. The van der Waals surface area contributed by atoms with Gasteiger partial charge in [-0.05, 0) is 50.8 Å². The predicted octanol–water partition coefficient (Wildman–Crippen LogP) is 3.06. The fourth-order valence-corrected chi connectivity index (χ4v) is 3.41. The summed E-state index contributed by atoms with van der Waals surface area (Å²) < 4.78 is 7.41. The van der Waals surface area contributed by atoms with E-state index in [0.717, 1.165) is 38.2 Å². The monoisotopic (exact) mass is 327 g/mol. The number of hydrogen-bond acceptors (Lipinski definition) is 3. The van der Waals surface area contributed by atoms with Crippen LogP contribution in [0.2, 0.25) is 0 Å². The number of benzene rings is 1. The number of amides is 1. The fraction of sp³-hybridized carbons (Fsp3) is 0.474. The molecular weight excluding hydrogens is 302 g/mol. The number of aromatic nitrogens is 2. The highest BCUT2D eigenvalue weighted by molar-refractivity contribution is 5.97.